The maximum Gasteiger partial charge on any atom is 0.257 e. The second-order valence-electron chi connectivity index (χ2n) is 9.23. The zero-order chi connectivity index (χ0) is 21.1. The lowest BCUT2D eigenvalue weighted by molar-refractivity contribution is 0.0551. The molecule has 166 valence electrons. The van der Waals surface area contributed by atoms with E-state index in [9.17, 15) is 4.79 Å². The number of amides is 1. The van der Waals surface area contributed by atoms with E-state index in [-0.39, 0.29) is 12.0 Å². The van der Waals surface area contributed by atoms with Gasteiger partial charge in [-0.05, 0) is 57.9 Å². The SMILES string of the molecule is COc1ccc(OC2CCN(C3CCCC3)CC2)c(C(=O)N2CCN(C)[C@H](C)C2)c1. The number of carbonyl (C=O) groups excluding carboxylic acids is 1. The molecule has 0 N–H and O–H groups in total. The summed E-state index contributed by atoms with van der Waals surface area (Å²) in [5.74, 6) is 1.45. The summed E-state index contributed by atoms with van der Waals surface area (Å²) in [5, 5.41) is 0. The molecule has 4 rings (SSSR count). The monoisotopic (exact) mass is 415 g/mol. The Labute approximate surface area is 181 Å². The highest BCUT2D eigenvalue weighted by atomic mass is 16.5. The third-order valence-corrected chi connectivity index (χ3v) is 7.28. The van der Waals surface area contributed by atoms with Gasteiger partial charge in [-0.2, -0.15) is 0 Å². The molecule has 3 aliphatic rings. The van der Waals surface area contributed by atoms with Crippen LogP contribution in [-0.4, -0.2) is 85.7 Å². The van der Waals surface area contributed by atoms with Crippen LogP contribution >= 0.6 is 0 Å². The van der Waals surface area contributed by atoms with Gasteiger partial charge in [0.15, 0.2) is 0 Å². The maximum absolute atomic E-state index is 13.4. The number of carbonyl (C=O) groups is 1. The lowest BCUT2D eigenvalue weighted by Crippen LogP contribution is -2.52. The van der Waals surface area contributed by atoms with Crippen LogP contribution in [0.5, 0.6) is 11.5 Å². The molecule has 1 aliphatic carbocycles. The molecule has 2 aliphatic heterocycles. The fourth-order valence-corrected chi connectivity index (χ4v) is 5.12. The summed E-state index contributed by atoms with van der Waals surface area (Å²) in [5.41, 5.74) is 0.629. The predicted octanol–water partition coefficient (Wildman–Crippen LogP) is 3.26. The highest BCUT2D eigenvalue weighted by Gasteiger charge is 2.30. The number of likely N-dealkylation sites (N-methyl/N-ethyl adjacent to an activating group) is 1. The van der Waals surface area contributed by atoms with E-state index in [0.29, 0.717) is 23.1 Å². The van der Waals surface area contributed by atoms with Gasteiger partial charge >= 0.3 is 0 Å². The Hall–Kier alpha value is -1.79. The molecule has 0 bridgehead atoms. The Morgan fingerprint density at radius 2 is 1.77 bits per heavy atom. The van der Waals surface area contributed by atoms with Gasteiger partial charge in [0, 0.05) is 44.8 Å². The van der Waals surface area contributed by atoms with Crippen molar-refractivity contribution in [2.24, 2.45) is 0 Å². The molecular formula is C24H37N3O3. The molecule has 30 heavy (non-hydrogen) atoms. The van der Waals surface area contributed by atoms with Crippen molar-refractivity contribution in [2.75, 3.05) is 46.9 Å². The van der Waals surface area contributed by atoms with Crippen molar-refractivity contribution < 1.29 is 14.3 Å². The molecule has 1 atom stereocenters. The average Bonchev–Trinajstić information content (AvgIpc) is 3.31. The van der Waals surface area contributed by atoms with Gasteiger partial charge in [-0.25, -0.2) is 0 Å². The molecule has 0 radical (unpaired) electrons. The van der Waals surface area contributed by atoms with Crippen LogP contribution in [0.2, 0.25) is 0 Å². The fraction of sp³-hybridized carbons (Fsp3) is 0.708. The average molecular weight is 416 g/mol. The number of ether oxygens (including phenoxy) is 2. The van der Waals surface area contributed by atoms with Crippen molar-refractivity contribution in [3.63, 3.8) is 0 Å². The first-order valence-electron chi connectivity index (χ1n) is 11.6. The molecule has 2 heterocycles. The van der Waals surface area contributed by atoms with Crippen molar-refractivity contribution in [3.8, 4) is 11.5 Å². The van der Waals surface area contributed by atoms with Crippen LogP contribution in [0.25, 0.3) is 0 Å². The third-order valence-electron chi connectivity index (χ3n) is 7.28. The lowest BCUT2D eigenvalue weighted by atomic mass is 10.0. The Balaban J connectivity index is 1.43. The second-order valence-corrected chi connectivity index (χ2v) is 9.23. The number of hydrogen-bond donors (Lipinski definition) is 0. The van der Waals surface area contributed by atoms with Crippen molar-refractivity contribution in [2.45, 2.75) is 63.6 Å². The number of benzene rings is 1. The van der Waals surface area contributed by atoms with E-state index < -0.39 is 0 Å². The smallest absolute Gasteiger partial charge is 0.257 e. The second kappa shape index (κ2) is 9.56. The van der Waals surface area contributed by atoms with Crippen LogP contribution in [0.3, 0.4) is 0 Å². The van der Waals surface area contributed by atoms with E-state index >= 15 is 0 Å². The summed E-state index contributed by atoms with van der Waals surface area (Å²) in [6.45, 7) is 6.75. The minimum absolute atomic E-state index is 0.0484. The summed E-state index contributed by atoms with van der Waals surface area (Å²) in [6.07, 6.45) is 7.70. The van der Waals surface area contributed by atoms with Crippen molar-refractivity contribution in [1.82, 2.24) is 14.7 Å². The molecule has 0 spiro atoms. The molecular weight excluding hydrogens is 378 g/mol. The number of rotatable bonds is 5. The van der Waals surface area contributed by atoms with Crippen molar-refractivity contribution in [3.05, 3.63) is 23.8 Å². The van der Waals surface area contributed by atoms with E-state index in [1.807, 2.05) is 23.1 Å². The topological polar surface area (TPSA) is 45.3 Å². The zero-order valence-corrected chi connectivity index (χ0v) is 18.8. The van der Waals surface area contributed by atoms with Gasteiger partial charge in [0.1, 0.15) is 17.6 Å². The molecule has 1 amide bonds. The summed E-state index contributed by atoms with van der Waals surface area (Å²) < 4.78 is 11.8. The first-order chi connectivity index (χ1) is 14.5. The number of hydrogen-bond acceptors (Lipinski definition) is 5. The predicted molar refractivity (Wildman–Crippen MR) is 118 cm³/mol. The number of nitrogens with zero attached hydrogens (tertiary/aromatic N) is 3. The molecule has 0 unspecified atom stereocenters. The van der Waals surface area contributed by atoms with Crippen LogP contribution in [0.1, 0.15) is 55.8 Å². The van der Waals surface area contributed by atoms with Crippen molar-refractivity contribution >= 4 is 5.91 Å². The standard InChI is InChI=1S/C24H37N3O3/c1-18-17-27(15-14-25(18)2)24(28)22-16-21(29-3)8-9-23(22)30-20-10-12-26(13-11-20)19-6-4-5-7-19/h8-9,16,18-20H,4-7,10-15,17H2,1-3H3/t18-/m1/s1. The molecule has 1 aromatic carbocycles. The fourth-order valence-electron chi connectivity index (χ4n) is 5.12. The number of likely N-dealkylation sites (tertiary alicyclic amines) is 1. The van der Waals surface area contributed by atoms with Crippen molar-refractivity contribution in [1.29, 1.82) is 0 Å². The maximum atomic E-state index is 13.4. The highest BCUT2D eigenvalue weighted by Crippen LogP contribution is 2.31. The molecule has 6 nitrogen and oxygen atoms in total. The summed E-state index contributed by atoms with van der Waals surface area (Å²) >= 11 is 0. The van der Waals surface area contributed by atoms with E-state index in [4.69, 9.17) is 9.47 Å². The normalized spacial score (nSPS) is 24.9. The Morgan fingerprint density at radius 1 is 1.03 bits per heavy atom. The van der Waals surface area contributed by atoms with Crippen LogP contribution in [0.4, 0.5) is 0 Å². The number of piperidine rings is 1. The summed E-state index contributed by atoms with van der Waals surface area (Å²) in [6, 6.07) is 6.79. The van der Waals surface area contributed by atoms with Gasteiger partial charge in [-0.15, -0.1) is 0 Å². The Bertz CT molecular complexity index is 726. The third kappa shape index (κ3) is 4.75. The molecule has 0 aromatic heterocycles. The highest BCUT2D eigenvalue weighted by molar-refractivity contribution is 5.97. The Kier molecular flexibility index (Phi) is 6.84. The van der Waals surface area contributed by atoms with E-state index in [0.717, 1.165) is 51.6 Å². The van der Waals surface area contributed by atoms with Gasteiger partial charge in [0.05, 0.1) is 12.7 Å². The van der Waals surface area contributed by atoms with Crippen LogP contribution in [0.15, 0.2) is 18.2 Å². The van der Waals surface area contributed by atoms with Crippen LogP contribution in [0, 0.1) is 0 Å². The number of methoxy groups -OCH3 is 1. The van der Waals surface area contributed by atoms with Gasteiger partial charge < -0.3 is 24.2 Å². The molecule has 1 aromatic rings. The van der Waals surface area contributed by atoms with E-state index in [1.54, 1.807) is 7.11 Å². The first-order valence-corrected chi connectivity index (χ1v) is 11.6. The van der Waals surface area contributed by atoms with Gasteiger partial charge in [-0.3, -0.25) is 4.79 Å². The van der Waals surface area contributed by atoms with E-state index in [2.05, 4.69) is 23.8 Å². The first kappa shape index (κ1) is 21.4. The molecule has 3 fully saturated rings. The van der Waals surface area contributed by atoms with Crippen LogP contribution in [-0.2, 0) is 0 Å². The Morgan fingerprint density at radius 3 is 2.43 bits per heavy atom. The number of piperazine rings is 1. The van der Waals surface area contributed by atoms with Gasteiger partial charge in [0.25, 0.3) is 5.91 Å². The largest absolute Gasteiger partial charge is 0.497 e. The lowest BCUT2D eigenvalue weighted by Gasteiger charge is -2.38. The van der Waals surface area contributed by atoms with Gasteiger partial charge in [-0.1, -0.05) is 12.8 Å². The quantitative estimate of drug-likeness (QED) is 0.739. The molecule has 6 heteroatoms. The minimum atomic E-state index is 0.0484. The molecule has 2 saturated heterocycles. The molecule has 1 saturated carbocycles. The zero-order valence-electron chi connectivity index (χ0n) is 18.8. The minimum Gasteiger partial charge on any atom is -0.497 e. The van der Waals surface area contributed by atoms with Crippen LogP contribution < -0.4 is 9.47 Å². The van der Waals surface area contributed by atoms with E-state index in [1.165, 1.54) is 25.7 Å². The summed E-state index contributed by atoms with van der Waals surface area (Å²) in [7, 11) is 3.76. The van der Waals surface area contributed by atoms with Gasteiger partial charge in [0.2, 0.25) is 0 Å². The summed E-state index contributed by atoms with van der Waals surface area (Å²) in [4.78, 5) is 20.3.